The number of aromatic hydroxyl groups is 1. The number of nitrogens with zero attached hydrogens (tertiary/aromatic N) is 3. The van der Waals surface area contributed by atoms with Gasteiger partial charge in [0.15, 0.2) is 12.0 Å². The molecule has 0 unspecified atom stereocenters. The molecule has 2 aromatic carbocycles. The van der Waals surface area contributed by atoms with Crippen LogP contribution in [0, 0.1) is 6.92 Å². The standard InChI is InChI=1S/C16H13N3O2/c1-11-5-7-12(8-6-11)14-9-19(18-17-14)15-4-2-3-13(10-20)16(15)21/h2-10,21H,1H3. The molecular weight excluding hydrogens is 266 g/mol. The summed E-state index contributed by atoms with van der Waals surface area (Å²) in [5.41, 5.74) is 3.46. The van der Waals surface area contributed by atoms with Gasteiger partial charge in [-0.15, -0.1) is 5.10 Å². The fourth-order valence-electron chi connectivity index (χ4n) is 2.07. The fraction of sp³-hybridized carbons (Fsp3) is 0.0625. The summed E-state index contributed by atoms with van der Waals surface area (Å²) in [5.74, 6) is -0.104. The second-order valence-electron chi connectivity index (χ2n) is 4.75. The van der Waals surface area contributed by atoms with Crippen LogP contribution in [0.15, 0.2) is 48.7 Å². The average Bonchev–Trinajstić information content (AvgIpc) is 2.98. The zero-order valence-electron chi connectivity index (χ0n) is 11.4. The molecule has 0 aliphatic heterocycles. The number of hydrogen-bond donors (Lipinski definition) is 1. The van der Waals surface area contributed by atoms with E-state index < -0.39 is 0 Å². The number of aryl methyl sites for hydroxylation is 1. The molecule has 104 valence electrons. The van der Waals surface area contributed by atoms with E-state index in [2.05, 4.69) is 10.3 Å². The van der Waals surface area contributed by atoms with Gasteiger partial charge in [-0.2, -0.15) is 0 Å². The van der Waals surface area contributed by atoms with Gasteiger partial charge in [-0.05, 0) is 19.1 Å². The first-order chi connectivity index (χ1) is 10.2. The van der Waals surface area contributed by atoms with E-state index in [0.717, 1.165) is 5.56 Å². The van der Waals surface area contributed by atoms with E-state index in [9.17, 15) is 9.90 Å². The monoisotopic (exact) mass is 279 g/mol. The number of rotatable bonds is 3. The zero-order valence-corrected chi connectivity index (χ0v) is 11.4. The highest BCUT2D eigenvalue weighted by Gasteiger charge is 2.11. The van der Waals surface area contributed by atoms with Gasteiger partial charge in [0.1, 0.15) is 11.4 Å². The Kier molecular flexibility index (Phi) is 3.23. The predicted molar refractivity (Wildman–Crippen MR) is 78.6 cm³/mol. The van der Waals surface area contributed by atoms with Crippen molar-refractivity contribution < 1.29 is 9.90 Å². The predicted octanol–water partition coefficient (Wildman–Crippen LogP) is 2.76. The molecule has 0 bridgehead atoms. The van der Waals surface area contributed by atoms with E-state index >= 15 is 0 Å². The maximum absolute atomic E-state index is 10.9. The largest absolute Gasteiger partial charge is 0.505 e. The molecule has 0 saturated heterocycles. The second kappa shape index (κ2) is 5.20. The summed E-state index contributed by atoms with van der Waals surface area (Å²) in [6.07, 6.45) is 2.32. The molecule has 0 aliphatic rings. The lowest BCUT2D eigenvalue weighted by Gasteiger charge is -2.04. The molecule has 0 fully saturated rings. The smallest absolute Gasteiger partial charge is 0.153 e. The van der Waals surface area contributed by atoms with E-state index in [1.165, 1.54) is 10.2 Å². The fourth-order valence-corrected chi connectivity index (χ4v) is 2.07. The number of aldehydes is 1. The van der Waals surface area contributed by atoms with E-state index in [-0.39, 0.29) is 11.3 Å². The molecule has 0 saturated carbocycles. The summed E-state index contributed by atoms with van der Waals surface area (Å²) in [4.78, 5) is 10.9. The van der Waals surface area contributed by atoms with Crippen LogP contribution in [0.3, 0.4) is 0 Å². The summed E-state index contributed by atoms with van der Waals surface area (Å²) in [6, 6.07) is 12.8. The normalized spacial score (nSPS) is 10.5. The molecule has 1 aromatic heterocycles. The maximum Gasteiger partial charge on any atom is 0.153 e. The van der Waals surface area contributed by atoms with Gasteiger partial charge in [0.2, 0.25) is 0 Å². The van der Waals surface area contributed by atoms with Crippen LogP contribution in [0.4, 0.5) is 0 Å². The number of phenolic OH excluding ortho intramolecular Hbond substituents is 1. The lowest BCUT2D eigenvalue weighted by molar-refractivity contribution is 0.112. The van der Waals surface area contributed by atoms with E-state index in [1.54, 1.807) is 24.4 Å². The summed E-state index contributed by atoms with van der Waals surface area (Å²) < 4.78 is 1.46. The van der Waals surface area contributed by atoms with Gasteiger partial charge in [0, 0.05) is 5.56 Å². The number of carbonyl (C=O) groups excluding carboxylic acids is 1. The van der Waals surface area contributed by atoms with Crippen LogP contribution >= 0.6 is 0 Å². The Labute approximate surface area is 121 Å². The molecule has 3 aromatic rings. The van der Waals surface area contributed by atoms with Crippen molar-refractivity contribution in [3.8, 4) is 22.7 Å². The molecule has 3 rings (SSSR count). The first kappa shape index (κ1) is 13.1. The third-order valence-corrected chi connectivity index (χ3v) is 3.26. The van der Waals surface area contributed by atoms with Crippen molar-refractivity contribution in [2.24, 2.45) is 0 Å². The third-order valence-electron chi connectivity index (χ3n) is 3.26. The van der Waals surface area contributed by atoms with Crippen LogP contribution in [0.1, 0.15) is 15.9 Å². The van der Waals surface area contributed by atoms with Gasteiger partial charge in [-0.1, -0.05) is 41.1 Å². The van der Waals surface area contributed by atoms with E-state index in [0.29, 0.717) is 17.7 Å². The minimum atomic E-state index is -0.104. The molecule has 0 aliphatic carbocycles. The van der Waals surface area contributed by atoms with Crippen molar-refractivity contribution in [1.82, 2.24) is 15.0 Å². The van der Waals surface area contributed by atoms with Crippen LogP contribution in [-0.4, -0.2) is 26.4 Å². The van der Waals surface area contributed by atoms with Crippen LogP contribution in [-0.2, 0) is 0 Å². The molecule has 1 N–H and O–H groups in total. The number of benzene rings is 2. The molecule has 5 heteroatoms. The van der Waals surface area contributed by atoms with Crippen molar-refractivity contribution in [1.29, 1.82) is 0 Å². The van der Waals surface area contributed by atoms with Crippen molar-refractivity contribution >= 4 is 6.29 Å². The highest BCUT2D eigenvalue weighted by atomic mass is 16.3. The summed E-state index contributed by atoms with van der Waals surface area (Å²) in [5, 5.41) is 18.2. The number of aromatic nitrogens is 3. The topological polar surface area (TPSA) is 68.0 Å². The third kappa shape index (κ3) is 2.41. The van der Waals surface area contributed by atoms with Gasteiger partial charge in [-0.3, -0.25) is 4.79 Å². The van der Waals surface area contributed by atoms with E-state index in [4.69, 9.17) is 0 Å². The molecule has 5 nitrogen and oxygen atoms in total. The van der Waals surface area contributed by atoms with Gasteiger partial charge in [-0.25, -0.2) is 4.68 Å². The Morgan fingerprint density at radius 3 is 2.62 bits per heavy atom. The van der Waals surface area contributed by atoms with Gasteiger partial charge < -0.3 is 5.11 Å². The average molecular weight is 279 g/mol. The van der Waals surface area contributed by atoms with Crippen molar-refractivity contribution in [2.45, 2.75) is 6.92 Å². The van der Waals surface area contributed by atoms with Crippen LogP contribution in [0.5, 0.6) is 5.75 Å². The Bertz CT molecular complexity index is 792. The molecule has 0 spiro atoms. The Morgan fingerprint density at radius 1 is 1.14 bits per heavy atom. The number of phenols is 1. The van der Waals surface area contributed by atoms with E-state index in [1.807, 2.05) is 31.2 Å². The van der Waals surface area contributed by atoms with Gasteiger partial charge in [0.25, 0.3) is 0 Å². The molecule has 0 radical (unpaired) electrons. The first-order valence-corrected chi connectivity index (χ1v) is 6.46. The Balaban J connectivity index is 2.02. The summed E-state index contributed by atoms with van der Waals surface area (Å²) >= 11 is 0. The quantitative estimate of drug-likeness (QED) is 0.748. The lowest BCUT2D eigenvalue weighted by Crippen LogP contribution is -1.97. The SMILES string of the molecule is Cc1ccc(-c2cn(-c3cccc(C=O)c3O)nn2)cc1. The minimum absolute atomic E-state index is 0.104. The molecular formula is C16H13N3O2. The highest BCUT2D eigenvalue weighted by Crippen LogP contribution is 2.25. The second-order valence-corrected chi connectivity index (χ2v) is 4.75. The van der Waals surface area contributed by atoms with Gasteiger partial charge >= 0.3 is 0 Å². The van der Waals surface area contributed by atoms with Crippen LogP contribution in [0.2, 0.25) is 0 Å². The summed E-state index contributed by atoms with van der Waals surface area (Å²) in [6.45, 7) is 2.02. The lowest BCUT2D eigenvalue weighted by atomic mass is 10.1. The summed E-state index contributed by atoms with van der Waals surface area (Å²) in [7, 11) is 0. The maximum atomic E-state index is 10.9. The number of para-hydroxylation sites is 1. The van der Waals surface area contributed by atoms with Crippen LogP contribution < -0.4 is 0 Å². The number of carbonyl (C=O) groups is 1. The number of hydrogen-bond acceptors (Lipinski definition) is 4. The van der Waals surface area contributed by atoms with Crippen molar-refractivity contribution in [2.75, 3.05) is 0 Å². The Morgan fingerprint density at radius 2 is 1.90 bits per heavy atom. The highest BCUT2D eigenvalue weighted by molar-refractivity contribution is 5.81. The minimum Gasteiger partial charge on any atom is -0.505 e. The van der Waals surface area contributed by atoms with Crippen LogP contribution in [0.25, 0.3) is 16.9 Å². The molecule has 21 heavy (non-hydrogen) atoms. The molecule has 1 heterocycles. The Hall–Kier alpha value is -2.95. The molecule has 0 atom stereocenters. The van der Waals surface area contributed by atoms with Crippen molar-refractivity contribution in [3.63, 3.8) is 0 Å². The zero-order chi connectivity index (χ0) is 14.8. The first-order valence-electron chi connectivity index (χ1n) is 6.46. The van der Waals surface area contributed by atoms with Crippen molar-refractivity contribution in [3.05, 3.63) is 59.8 Å². The molecule has 0 amide bonds. The van der Waals surface area contributed by atoms with Gasteiger partial charge in [0.05, 0.1) is 11.8 Å².